The number of carbonyl (C=O) groups excluding carboxylic acids is 1. The zero-order chi connectivity index (χ0) is 25.5. The number of urea groups is 1. The summed E-state index contributed by atoms with van der Waals surface area (Å²) in [6, 6.07) is 15.3. The number of aromatic nitrogens is 1. The lowest BCUT2D eigenvalue weighted by Crippen LogP contribution is -2.47. The maximum Gasteiger partial charge on any atom is 0.319 e. The van der Waals surface area contributed by atoms with E-state index in [-0.39, 0.29) is 11.6 Å². The van der Waals surface area contributed by atoms with E-state index >= 15 is 0 Å². The number of anilines is 2. The smallest absolute Gasteiger partial charge is 0.319 e. The van der Waals surface area contributed by atoms with Crippen molar-refractivity contribution in [1.29, 1.82) is 0 Å². The number of nitrogens with zero attached hydrogens (tertiary/aromatic N) is 3. The molecular formula is C28H37N5O3. The molecule has 1 aliphatic rings. The fourth-order valence-electron chi connectivity index (χ4n) is 4.75. The van der Waals surface area contributed by atoms with Gasteiger partial charge in [0.25, 0.3) is 5.56 Å². The van der Waals surface area contributed by atoms with Gasteiger partial charge in [0.2, 0.25) is 0 Å². The average molecular weight is 492 g/mol. The van der Waals surface area contributed by atoms with Crippen molar-refractivity contribution in [2.45, 2.75) is 26.8 Å². The molecule has 4 rings (SSSR count). The predicted molar refractivity (Wildman–Crippen MR) is 146 cm³/mol. The number of ether oxygens (including phenoxy) is 1. The van der Waals surface area contributed by atoms with Crippen LogP contribution < -0.4 is 25.8 Å². The van der Waals surface area contributed by atoms with Gasteiger partial charge in [-0.2, -0.15) is 0 Å². The van der Waals surface area contributed by atoms with Gasteiger partial charge in [0.15, 0.2) is 0 Å². The largest absolute Gasteiger partial charge is 0.495 e. The minimum absolute atomic E-state index is 0.0314. The molecule has 1 saturated heterocycles. The van der Waals surface area contributed by atoms with Gasteiger partial charge in [0.05, 0.1) is 18.5 Å². The Morgan fingerprint density at radius 1 is 1.00 bits per heavy atom. The number of benzene rings is 2. The maximum atomic E-state index is 12.8. The third kappa shape index (κ3) is 6.18. The summed E-state index contributed by atoms with van der Waals surface area (Å²) in [4.78, 5) is 30.3. The van der Waals surface area contributed by atoms with Gasteiger partial charge in [-0.05, 0) is 37.1 Å². The summed E-state index contributed by atoms with van der Waals surface area (Å²) in [6.07, 6.45) is 2.63. The number of nitrogens with one attached hydrogen (secondary N) is 2. The molecule has 1 fully saturated rings. The highest BCUT2D eigenvalue weighted by molar-refractivity contribution is 6.00. The molecule has 3 aromatic rings. The summed E-state index contributed by atoms with van der Waals surface area (Å²) in [7, 11) is 1.71. The molecular weight excluding hydrogens is 454 g/mol. The Morgan fingerprint density at radius 2 is 1.69 bits per heavy atom. The van der Waals surface area contributed by atoms with Crippen molar-refractivity contribution in [3.05, 3.63) is 65.1 Å². The molecule has 2 amide bonds. The minimum atomic E-state index is -0.254. The fourth-order valence-corrected chi connectivity index (χ4v) is 4.75. The Balaban J connectivity index is 1.26. The summed E-state index contributed by atoms with van der Waals surface area (Å²) < 4.78 is 7.19. The summed E-state index contributed by atoms with van der Waals surface area (Å²) in [5.74, 6) is 1.23. The van der Waals surface area contributed by atoms with E-state index in [9.17, 15) is 9.59 Å². The molecule has 36 heavy (non-hydrogen) atoms. The Kier molecular flexibility index (Phi) is 8.48. The minimum Gasteiger partial charge on any atom is -0.495 e. The normalized spacial score (nSPS) is 14.3. The van der Waals surface area contributed by atoms with Gasteiger partial charge in [0, 0.05) is 56.2 Å². The van der Waals surface area contributed by atoms with Gasteiger partial charge >= 0.3 is 6.03 Å². The van der Waals surface area contributed by atoms with E-state index < -0.39 is 0 Å². The molecule has 192 valence electrons. The van der Waals surface area contributed by atoms with E-state index in [1.807, 2.05) is 42.5 Å². The second-order valence-corrected chi connectivity index (χ2v) is 9.67. The van der Waals surface area contributed by atoms with Crippen molar-refractivity contribution in [3.8, 4) is 5.75 Å². The Morgan fingerprint density at radius 3 is 2.42 bits per heavy atom. The van der Waals surface area contributed by atoms with Crippen LogP contribution in [-0.4, -0.2) is 61.9 Å². The van der Waals surface area contributed by atoms with Gasteiger partial charge in [-0.15, -0.1) is 0 Å². The van der Waals surface area contributed by atoms with Crippen LogP contribution in [0.4, 0.5) is 16.2 Å². The topological polar surface area (TPSA) is 78.8 Å². The highest BCUT2D eigenvalue weighted by Crippen LogP contribution is 2.28. The van der Waals surface area contributed by atoms with Crippen LogP contribution in [0.1, 0.15) is 20.3 Å². The van der Waals surface area contributed by atoms with Crippen LogP contribution in [0.5, 0.6) is 5.75 Å². The summed E-state index contributed by atoms with van der Waals surface area (Å²) >= 11 is 0. The second-order valence-electron chi connectivity index (χ2n) is 9.67. The van der Waals surface area contributed by atoms with E-state index in [1.165, 1.54) is 0 Å². The van der Waals surface area contributed by atoms with Gasteiger partial charge in [0.1, 0.15) is 5.75 Å². The monoisotopic (exact) mass is 491 g/mol. The first kappa shape index (κ1) is 25.6. The van der Waals surface area contributed by atoms with Crippen LogP contribution in [0.25, 0.3) is 10.8 Å². The molecule has 0 saturated carbocycles. The van der Waals surface area contributed by atoms with Crippen LogP contribution in [-0.2, 0) is 6.54 Å². The van der Waals surface area contributed by atoms with Crippen LogP contribution >= 0.6 is 0 Å². The highest BCUT2D eigenvalue weighted by Gasteiger charge is 2.19. The number of amides is 2. The lowest BCUT2D eigenvalue weighted by molar-refractivity contribution is 0.244. The number of carbonyl (C=O) groups is 1. The van der Waals surface area contributed by atoms with Crippen molar-refractivity contribution in [1.82, 2.24) is 14.8 Å². The lowest BCUT2D eigenvalue weighted by Gasteiger charge is -2.36. The molecule has 0 aliphatic carbocycles. The van der Waals surface area contributed by atoms with Gasteiger partial charge in [-0.25, -0.2) is 4.79 Å². The molecule has 2 aromatic carbocycles. The molecule has 0 unspecified atom stereocenters. The molecule has 2 N–H and O–H groups in total. The fraction of sp³-hybridized carbons (Fsp3) is 0.429. The Labute approximate surface area is 212 Å². The van der Waals surface area contributed by atoms with Crippen molar-refractivity contribution in [2.75, 3.05) is 56.6 Å². The standard InChI is InChI=1S/C28H37N5O3/c1-21(2)19-33-20-24(22-9-4-5-10-23(22)27(33)34)30-28(35)29-13-8-14-31-15-17-32(18-16-31)25-11-6-7-12-26(25)36-3/h4-7,9-12,20-21H,8,13-19H2,1-3H3,(H2,29,30,35). The van der Waals surface area contributed by atoms with E-state index in [4.69, 9.17) is 4.74 Å². The second kappa shape index (κ2) is 11.9. The molecule has 0 spiro atoms. The molecule has 0 atom stereocenters. The van der Waals surface area contributed by atoms with Crippen molar-refractivity contribution < 1.29 is 9.53 Å². The average Bonchev–Trinajstić information content (AvgIpc) is 2.89. The van der Waals surface area contributed by atoms with Gasteiger partial charge in [-0.3, -0.25) is 9.69 Å². The molecule has 8 heteroatoms. The first-order valence-corrected chi connectivity index (χ1v) is 12.7. The Hall–Kier alpha value is -3.52. The third-order valence-corrected chi connectivity index (χ3v) is 6.54. The van der Waals surface area contributed by atoms with Crippen LogP contribution in [0, 0.1) is 5.92 Å². The summed E-state index contributed by atoms with van der Waals surface area (Å²) in [5, 5.41) is 7.30. The number of rotatable bonds is 9. The molecule has 1 aromatic heterocycles. The molecule has 1 aliphatic heterocycles. The number of hydrogen-bond donors (Lipinski definition) is 2. The quantitative estimate of drug-likeness (QED) is 0.443. The zero-order valence-electron chi connectivity index (χ0n) is 21.5. The maximum absolute atomic E-state index is 12.8. The summed E-state index contributed by atoms with van der Waals surface area (Å²) in [5.41, 5.74) is 1.76. The first-order chi connectivity index (χ1) is 17.5. The number of pyridine rings is 1. The number of fused-ring (bicyclic) bond motifs is 1. The van der Waals surface area contributed by atoms with E-state index in [0.717, 1.165) is 56.0 Å². The SMILES string of the molecule is COc1ccccc1N1CCN(CCCNC(=O)Nc2cn(CC(C)C)c(=O)c3ccccc23)CC1. The lowest BCUT2D eigenvalue weighted by atomic mass is 10.1. The highest BCUT2D eigenvalue weighted by atomic mass is 16.5. The first-order valence-electron chi connectivity index (χ1n) is 12.7. The summed E-state index contributed by atoms with van der Waals surface area (Å²) in [6.45, 7) is 10.1. The van der Waals surface area contributed by atoms with Crippen LogP contribution in [0.3, 0.4) is 0 Å². The molecule has 2 heterocycles. The van der Waals surface area contributed by atoms with Crippen molar-refractivity contribution >= 4 is 28.2 Å². The van der Waals surface area contributed by atoms with Gasteiger partial charge in [-0.1, -0.05) is 44.2 Å². The Bertz CT molecular complexity index is 1230. The van der Waals surface area contributed by atoms with E-state index in [2.05, 4.69) is 40.3 Å². The van der Waals surface area contributed by atoms with E-state index in [0.29, 0.717) is 30.1 Å². The van der Waals surface area contributed by atoms with E-state index in [1.54, 1.807) is 17.9 Å². The van der Waals surface area contributed by atoms with Crippen LogP contribution in [0.2, 0.25) is 0 Å². The number of para-hydroxylation sites is 2. The van der Waals surface area contributed by atoms with Gasteiger partial charge < -0.3 is 24.8 Å². The number of piperazine rings is 1. The zero-order valence-corrected chi connectivity index (χ0v) is 21.5. The number of hydrogen-bond acceptors (Lipinski definition) is 5. The number of methoxy groups -OCH3 is 1. The van der Waals surface area contributed by atoms with Crippen molar-refractivity contribution in [2.24, 2.45) is 5.92 Å². The van der Waals surface area contributed by atoms with Crippen LogP contribution in [0.15, 0.2) is 59.5 Å². The molecule has 8 nitrogen and oxygen atoms in total. The molecule has 0 radical (unpaired) electrons. The van der Waals surface area contributed by atoms with Crippen molar-refractivity contribution in [3.63, 3.8) is 0 Å². The predicted octanol–water partition coefficient (Wildman–Crippen LogP) is 4.00. The molecule has 0 bridgehead atoms. The third-order valence-electron chi connectivity index (χ3n) is 6.54.